The van der Waals surface area contributed by atoms with Gasteiger partial charge in [-0.1, -0.05) is 20.8 Å². The zero-order valence-electron chi connectivity index (χ0n) is 12.3. The minimum Gasteiger partial charge on any atom is -0.370 e. The number of hydrogen-bond donors (Lipinski definition) is 4. The molecule has 0 aromatic heterocycles. The first-order valence-corrected chi connectivity index (χ1v) is 6.92. The van der Waals surface area contributed by atoms with E-state index in [2.05, 4.69) is 41.3 Å². The molecule has 6 heteroatoms. The Morgan fingerprint density at radius 3 is 2.63 bits per heavy atom. The molecule has 6 nitrogen and oxygen atoms in total. The minimum absolute atomic E-state index is 0.226. The molecule has 0 amide bonds. The molecule has 1 fully saturated rings. The van der Waals surface area contributed by atoms with Gasteiger partial charge in [0.15, 0.2) is 5.96 Å². The van der Waals surface area contributed by atoms with Crippen LogP contribution < -0.4 is 22.1 Å². The summed E-state index contributed by atoms with van der Waals surface area (Å²) in [5.41, 5.74) is 11.6. The second-order valence-electron chi connectivity index (χ2n) is 5.96. The van der Waals surface area contributed by atoms with Gasteiger partial charge in [0.25, 0.3) is 0 Å². The highest BCUT2D eigenvalue weighted by Crippen LogP contribution is 2.29. The average Bonchev–Trinajstić information content (AvgIpc) is 2.25. The SMILES string of the molecule is CNC1CN(C2=CC(N)([C@@H](C)C(C)C)N=C(N)N2)C1. The van der Waals surface area contributed by atoms with Gasteiger partial charge in [0.2, 0.25) is 0 Å². The first-order chi connectivity index (χ1) is 8.85. The fourth-order valence-corrected chi connectivity index (χ4v) is 2.45. The van der Waals surface area contributed by atoms with Crippen molar-refractivity contribution in [3.05, 3.63) is 11.9 Å². The van der Waals surface area contributed by atoms with Crippen LogP contribution in [0.25, 0.3) is 0 Å². The molecule has 0 spiro atoms. The van der Waals surface area contributed by atoms with Crippen LogP contribution in [0.4, 0.5) is 0 Å². The standard InChI is InChI=1S/C13H26N6/c1-8(2)9(3)13(15)5-11(17-12(14)18-13)19-6-10(7-19)16-4/h5,8-10,16H,6-7,15H2,1-4H3,(H3,14,17,18)/t9-,13?/m0/s1. The highest BCUT2D eigenvalue weighted by atomic mass is 15.4. The third kappa shape index (κ3) is 2.69. The van der Waals surface area contributed by atoms with Crippen molar-refractivity contribution < 1.29 is 0 Å². The summed E-state index contributed by atoms with van der Waals surface area (Å²) in [6.07, 6.45) is 2.01. The van der Waals surface area contributed by atoms with Crippen molar-refractivity contribution in [2.75, 3.05) is 20.1 Å². The van der Waals surface area contributed by atoms with E-state index in [-0.39, 0.29) is 5.92 Å². The summed E-state index contributed by atoms with van der Waals surface area (Å²) >= 11 is 0. The molecule has 0 saturated carbocycles. The third-order valence-corrected chi connectivity index (χ3v) is 4.30. The number of rotatable bonds is 4. The van der Waals surface area contributed by atoms with Crippen molar-refractivity contribution in [1.82, 2.24) is 15.5 Å². The molecule has 1 unspecified atom stereocenters. The largest absolute Gasteiger partial charge is 0.370 e. The molecule has 0 aromatic rings. The molecule has 0 bridgehead atoms. The highest BCUT2D eigenvalue weighted by molar-refractivity contribution is 5.81. The van der Waals surface area contributed by atoms with Crippen LogP contribution in [0.2, 0.25) is 0 Å². The summed E-state index contributed by atoms with van der Waals surface area (Å²) < 4.78 is 0. The molecule has 2 heterocycles. The molecule has 19 heavy (non-hydrogen) atoms. The van der Waals surface area contributed by atoms with Gasteiger partial charge in [0.05, 0.1) is 0 Å². The second kappa shape index (κ2) is 5.02. The average molecular weight is 266 g/mol. The van der Waals surface area contributed by atoms with Crippen LogP contribution in [-0.4, -0.2) is 42.7 Å². The Morgan fingerprint density at radius 2 is 2.11 bits per heavy atom. The van der Waals surface area contributed by atoms with E-state index < -0.39 is 5.66 Å². The van der Waals surface area contributed by atoms with Gasteiger partial charge in [-0.25, -0.2) is 4.99 Å². The summed E-state index contributed by atoms with van der Waals surface area (Å²) in [5.74, 6) is 2.05. The Balaban J connectivity index is 2.15. The molecule has 0 radical (unpaired) electrons. The summed E-state index contributed by atoms with van der Waals surface area (Å²) in [7, 11) is 1.98. The number of aliphatic imine (C=N–C) groups is 1. The molecule has 0 aromatic carbocycles. The van der Waals surface area contributed by atoms with Gasteiger partial charge in [0, 0.05) is 25.0 Å². The Labute approximate surface area is 115 Å². The molecule has 108 valence electrons. The van der Waals surface area contributed by atoms with Crippen molar-refractivity contribution in [2.24, 2.45) is 28.3 Å². The first-order valence-electron chi connectivity index (χ1n) is 6.92. The molecule has 2 aliphatic heterocycles. The summed E-state index contributed by atoms with van der Waals surface area (Å²) in [6.45, 7) is 8.36. The maximum Gasteiger partial charge on any atom is 0.196 e. The summed E-state index contributed by atoms with van der Waals surface area (Å²) in [6, 6.07) is 0.539. The van der Waals surface area contributed by atoms with Crippen molar-refractivity contribution in [2.45, 2.75) is 32.5 Å². The number of nitrogens with two attached hydrogens (primary N) is 2. The predicted octanol–water partition coefficient (Wildman–Crippen LogP) is -0.404. The zero-order valence-corrected chi connectivity index (χ0v) is 12.3. The molecule has 2 aliphatic rings. The van der Waals surface area contributed by atoms with Gasteiger partial charge in [-0.15, -0.1) is 0 Å². The highest BCUT2D eigenvalue weighted by Gasteiger charge is 2.37. The maximum absolute atomic E-state index is 6.44. The van der Waals surface area contributed by atoms with E-state index in [0.29, 0.717) is 17.9 Å². The lowest BCUT2D eigenvalue weighted by molar-refractivity contribution is 0.163. The van der Waals surface area contributed by atoms with E-state index >= 15 is 0 Å². The molecular formula is C13H26N6. The van der Waals surface area contributed by atoms with Gasteiger partial charge in [-0.05, 0) is 19.0 Å². The number of likely N-dealkylation sites (N-methyl/N-ethyl adjacent to an activating group) is 1. The maximum atomic E-state index is 6.44. The Bertz CT molecular complexity index is 396. The van der Waals surface area contributed by atoms with E-state index in [1.807, 2.05) is 13.1 Å². The Hall–Kier alpha value is -1.27. The molecular weight excluding hydrogens is 240 g/mol. The Kier molecular flexibility index (Phi) is 3.73. The normalized spacial score (nSPS) is 29.5. The van der Waals surface area contributed by atoms with E-state index in [4.69, 9.17) is 11.5 Å². The number of nitrogens with one attached hydrogen (secondary N) is 2. The van der Waals surface area contributed by atoms with Crippen LogP contribution in [0.15, 0.2) is 16.9 Å². The molecule has 2 atom stereocenters. The minimum atomic E-state index is -0.719. The van der Waals surface area contributed by atoms with E-state index in [1.165, 1.54) is 0 Å². The molecule has 0 aliphatic carbocycles. The van der Waals surface area contributed by atoms with Gasteiger partial charge in [-0.2, -0.15) is 0 Å². The lowest BCUT2D eigenvalue weighted by Gasteiger charge is -2.45. The Morgan fingerprint density at radius 1 is 1.47 bits per heavy atom. The van der Waals surface area contributed by atoms with E-state index in [9.17, 15) is 0 Å². The van der Waals surface area contributed by atoms with Gasteiger partial charge >= 0.3 is 0 Å². The summed E-state index contributed by atoms with van der Waals surface area (Å²) in [4.78, 5) is 6.64. The molecule has 2 rings (SSSR count). The molecule has 6 N–H and O–H groups in total. The van der Waals surface area contributed by atoms with Crippen molar-refractivity contribution in [3.8, 4) is 0 Å². The number of hydrogen-bond acceptors (Lipinski definition) is 6. The lowest BCUT2D eigenvalue weighted by atomic mass is 9.84. The van der Waals surface area contributed by atoms with Gasteiger partial charge in [-0.3, -0.25) is 0 Å². The van der Waals surface area contributed by atoms with Crippen LogP contribution in [0.1, 0.15) is 20.8 Å². The van der Waals surface area contributed by atoms with E-state index in [1.54, 1.807) is 0 Å². The van der Waals surface area contributed by atoms with Gasteiger partial charge in [0.1, 0.15) is 11.5 Å². The summed E-state index contributed by atoms with van der Waals surface area (Å²) in [5, 5.41) is 6.37. The van der Waals surface area contributed by atoms with Crippen LogP contribution in [0, 0.1) is 11.8 Å². The molecule has 1 saturated heterocycles. The number of nitrogens with zero attached hydrogens (tertiary/aromatic N) is 2. The van der Waals surface area contributed by atoms with Crippen molar-refractivity contribution in [1.29, 1.82) is 0 Å². The number of likely N-dealkylation sites (tertiary alicyclic amines) is 1. The van der Waals surface area contributed by atoms with Crippen LogP contribution in [-0.2, 0) is 0 Å². The van der Waals surface area contributed by atoms with Crippen LogP contribution in [0.3, 0.4) is 0 Å². The quantitative estimate of drug-likeness (QED) is 0.555. The fraction of sp³-hybridized carbons (Fsp3) is 0.769. The first kappa shape index (κ1) is 14.1. The fourth-order valence-electron chi connectivity index (χ4n) is 2.45. The topological polar surface area (TPSA) is 91.7 Å². The second-order valence-corrected chi connectivity index (χ2v) is 5.96. The van der Waals surface area contributed by atoms with E-state index in [0.717, 1.165) is 18.9 Å². The van der Waals surface area contributed by atoms with Crippen molar-refractivity contribution in [3.63, 3.8) is 0 Å². The van der Waals surface area contributed by atoms with Crippen LogP contribution >= 0.6 is 0 Å². The number of guanidine groups is 1. The smallest absolute Gasteiger partial charge is 0.196 e. The monoisotopic (exact) mass is 266 g/mol. The predicted molar refractivity (Wildman–Crippen MR) is 78.2 cm³/mol. The van der Waals surface area contributed by atoms with Crippen molar-refractivity contribution >= 4 is 5.96 Å². The lowest BCUT2D eigenvalue weighted by Crippen LogP contribution is -2.61. The van der Waals surface area contributed by atoms with Gasteiger partial charge < -0.3 is 27.0 Å². The van der Waals surface area contributed by atoms with Crippen LogP contribution in [0.5, 0.6) is 0 Å². The third-order valence-electron chi connectivity index (χ3n) is 4.30. The zero-order chi connectivity index (χ0) is 14.2.